The molecule has 0 aliphatic rings. The van der Waals surface area contributed by atoms with Gasteiger partial charge in [-0.3, -0.25) is 0 Å². The van der Waals surface area contributed by atoms with Crippen LogP contribution < -0.4 is 0 Å². The van der Waals surface area contributed by atoms with Gasteiger partial charge in [-0.15, -0.1) is 0 Å². The van der Waals surface area contributed by atoms with Crippen molar-refractivity contribution in [2.75, 3.05) is 0 Å². The molecule has 2 nitrogen and oxygen atoms in total. The summed E-state index contributed by atoms with van der Waals surface area (Å²) in [6.07, 6.45) is -4.48. The van der Waals surface area contributed by atoms with Gasteiger partial charge in [0.05, 0.1) is 0 Å². The number of H-pyrrole nitrogens is 1. The van der Waals surface area contributed by atoms with Crippen LogP contribution in [0.4, 0.5) is 13.2 Å². The van der Waals surface area contributed by atoms with E-state index in [4.69, 9.17) is 0 Å². The van der Waals surface area contributed by atoms with Crippen LogP contribution in [0.2, 0.25) is 0 Å². The second kappa shape index (κ2) is 5.09. The molecule has 0 amide bonds. The highest BCUT2D eigenvalue weighted by molar-refractivity contribution is 5.67. The van der Waals surface area contributed by atoms with Crippen LogP contribution in [0, 0.1) is 0 Å². The molecular formula is C16H11F3N2. The number of nitrogens with one attached hydrogen (secondary N) is 1. The minimum absolute atomic E-state index is 0.0815. The molecule has 2 aromatic carbocycles. The van der Waals surface area contributed by atoms with Gasteiger partial charge in [0.25, 0.3) is 0 Å². The molecule has 0 fully saturated rings. The normalized spacial score (nSPS) is 11.6. The van der Waals surface area contributed by atoms with Crippen LogP contribution in [-0.4, -0.2) is 9.97 Å². The predicted octanol–water partition coefficient (Wildman–Crippen LogP) is 4.76. The third-order valence-electron chi connectivity index (χ3n) is 3.08. The lowest BCUT2D eigenvalue weighted by Crippen LogP contribution is -2.07. The number of halogens is 3. The summed E-state index contributed by atoms with van der Waals surface area (Å²) in [7, 11) is 0. The average Bonchev–Trinajstić information content (AvgIpc) is 2.94. The number of imidazole rings is 1. The van der Waals surface area contributed by atoms with E-state index in [9.17, 15) is 13.2 Å². The lowest BCUT2D eigenvalue weighted by atomic mass is 10.1. The Morgan fingerprint density at radius 3 is 1.81 bits per heavy atom. The zero-order valence-electron chi connectivity index (χ0n) is 10.9. The van der Waals surface area contributed by atoms with E-state index in [0.717, 1.165) is 0 Å². The van der Waals surface area contributed by atoms with Gasteiger partial charge in [-0.25, -0.2) is 4.98 Å². The quantitative estimate of drug-likeness (QED) is 0.723. The number of hydrogen-bond acceptors (Lipinski definition) is 1. The van der Waals surface area contributed by atoms with Crippen molar-refractivity contribution in [2.24, 2.45) is 0 Å². The minimum Gasteiger partial charge on any atom is -0.334 e. The molecule has 1 aromatic heterocycles. The van der Waals surface area contributed by atoms with E-state index >= 15 is 0 Å². The Labute approximate surface area is 119 Å². The van der Waals surface area contributed by atoms with Gasteiger partial charge >= 0.3 is 6.18 Å². The van der Waals surface area contributed by atoms with Crippen molar-refractivity contribution in [2.45, 2.75) is 6.18 Å². The van der Waals surface area contributed by atoms with Crippen LogP contribution in [-0.2, 0) is 6.18 Å². The van der Waals surface area contributed by atoms with Gasteiger partial charge in [0.2, 0.25) is 0 Å². The van der Waals surface area contributed by atoms with Crippen molar-refractivity contribution >= 4 is 0 Å². The molecule has 5 heteroatoms. The fourth-order valence-corrected chi connectivity index (χ4v) is 2.12. The zero-order valence-corrected chi connectivity index (χ0v) is 10.9. The molecule has 106 valence electrons. The topological polar surface area (TPSA) is 28.7 Å². The van der Waals surface area contributed by atoms with Crippen LogP contribution in [0.15, 0.2) is 60.7 Å². The molecule has 0 bridgehead atoms. The maximum Gasteiger partial charge on any atom is 0.433 e. The molecule has 0 radical (unpaired) electrons. The molecule has 0 saturated carbocycles. The Bertz CT molecular complexity index is 731. The van der Waals surface area contributed by atoms with E-state index in [1.165, 1.54) is 0 Å². The van der Waals surface area contributed by atoms with E-state index in [1.54, 1.807) is 60.7 Å². The van der Waals surface area contributed by atoms with Gasteiger partial charge in [0.15, 0.2) is 0 Å². The predicted molar refractivity (Wildman–Crippen MR) is 74.5 cm³/mol. The van der Waals surface area contributed by atoms with Gasteiger partial charge in [-0.2, -0.15) is 13.2 Å². The maximum atomic E-state index is 13.2. The maximum absolute atomic E-state index is 13.2. The molecule has 3 aromatic rings. The highest BCUT2D eigenvalue weighted by Gasteiger charge is 2.37. The van der Waals surface area contributed by atoms with Gasteiger partial charge < -0.3 is 4.98 Å². The Morgan fingerprint density at radius 2 is 1.29 bits per heavy atom. The van der Waals surface area contributed by atoms with Crippen molar-refractivity contribution in [1.82, 2.24) is 9.97 Å². The SMILES string of the molecule is FC(F)(F)c1[nH]c(-c2ccccc2)nc1-c1ccccc1. The summed E-state index contributed by atoms with van der Waals surface area (Å²) < 4.78 is 39.6. The number of hydrogen-bond donors (Lipinski definition) is 1. The number of alkyl halides is 3. The van der Waals surface area contributed by atoms with E-state index in [2.05, 4.69) is 9.97 Å². The van der Waals surface area contributed by atoms with Gasteiger partial charge in [0, 0.05) is 11.1 Å². The average molecular weight is 288 g/mol. The largest absolute Gasteiger partial charge is 0.433 e. The number of rotatable bonds is 2. The minimum atomic E-state index is -4.48. The van der Waals surface area contributed by atoms with Crippen molar-refractivity contribution < 1.29 is 13.2 Å². The molecular weight excluding hydrogens is 277 g/mol. The summed E-state index contributed by atoms with van der Waals surface area (Å²) >= 11 is 0. The molecule has 1 N–H and O–H groups in total. The third-order valence-corrected chi connectivity index (χ3v) is 3.08. The first-order valence-electron chi connectivity index (χ1n) is 6.34. The Balaban J connectivity index is 2.17. The fraction of sp³-hybridized carbons (Fsp3) is 0.0625. The summed E-state index contributed by atoms with van der Waals surface area (Å²) in [5.74, 6) is 0.210. The molecule has 0 spiro atoms. The molecule has 1 heterocycles. The van der Waals surface area contributed by atoms with Crippen LogP contribution in [0.3, 0.4) is 0 Å². The molecule has 3 rings (SSSR count). The molecule has 0 aliphatic heterocycles. The van der Waals surface area contributed by atoms with Crippen LogP contribution in [0.5, 0.6) is 0 Å². The van der Waals surface area contributed by atoms with Crippen molar-refractivity contribution in [3.05, 3.63) is 66.4 Å². The van der Waals surface area contributed by atoms with Gasteiger partial charge in [0.1, 0.15) is 17.2 Å². The molecule has 0 atom stereocenters. The molecule has 21 heavy (non-hydrogen) atoms. The van der Waals surface area contributed by atoms with Crippen molar-refractivity contribution in [3.8, 4) is 22.6 Å². The number of nitrogens with zero attached hydrogens (tertiary/aromatic N) is 1. The first-order chi connectivity index (χ1) is 10.1. The highest BCUT2D eigenvalue weighted by Crippen LogP contribution is 2.37. The zero-order chi connectivity index (χ0) is 14.9. The van der Waals surface area contributed by atoms with E-state index in [-0.39, 0.29) is 11.5 Å². The fourth-order valence-electron chi connectivity index (χ4n) is 2.12. The standard InChI is InChI=1S/C16H11F3N2/c17-16(18,19)14-13(11-7-3-1-4-8-11)20-15(21-14)12-9-5-2-6-10-12/h1-10H,(H,20,21). The van der Waals surface area contributed by atoms with E-state index in [1.807, 2.05) is 0 Å². The summed E-state index contributed by atoms with van der Waals surface area (Å²) in [6.45, 7) is 0. The Kier molecular flexibility index (Phi) is 3.25. The third kappa shape index (κ3) is 2.67. The molecule has 0 aliphatic carbocycles. The van der Waals surface area contributed by atoms with Gasteiger partial charge in [-0.1, -0.05) is 60.7 Å². The smallest absolute Gasteiger partial charge is 0.334 e. The number of aromatic amines is 1. The Hall–Kier alpha value is -2.56. The summed E-state index contributed by atoms with van der Waals surface area (Å²) in [5.41, 5.74) is 0.142. The van der Waals surface area contributed by atoms with Crippen molar-refractivity contribution in [1.29, 1.82) is 0 Å². The second-order valence-electron chi connectivity index (χ2n) is 4.54. The summed E-state index contributed by atoms with van der Waals surface area (Å²) in [5, 5.41) is 0. The lowest BCUT2D eigenvalue weighted by molar-refractivity contribution is -0.140. The summed E-state index contributed by atoms with van der Waals surface area (Å²) in [6, 6.07) is 17.1. The van der Waals surface area contributed by atoms with E-state index in [0.29, 0.717) is 11.1 Å². The Morgan fingerprint density at radius 1 is 0.762 bits per heavy atom. The second-order valence-corrected chi connectivity index (χ2v) is 4.54. The van der Waals surface area contributed by atoms with Gasteiger partial charge in [-0.05, 0) is 0 Å². The van der Waals surface area contributed by atoms with Crippen molar-refractivity contribution in [3.63, 3.8) is 0 Å². The monoisotopic (exact) mass is 288 g/mol. The van der Waals surface area contributed by atoms with Crippen LogP contribution in [0.25, 0.3) is 22.6 Å². The van der Waals surface area contributed by atoms with Crippen LogP contribution in [0.1, 0.15) is 5.69 Å². The van der Waals surface area contributed by atoms with Crippen LogP contribution >= 0.6 is 0 Å². The molecule has 0 saturated heterocycles. The highest BCUT2D eigenvalue weighted by atomic mass is 19.4. The number of aromatic nitrogens is 2. The summed E-state index contributed by atoms with van der Waals surface area (Å²) in [4.78, 5) is 6.54. The molecule has 0 unspecified atom stereocenters. The first kappa shape index (κ1) is 13.4. The lowest BCUT2D eigenvalue weighted by Gasteiger charge is -2.06. The number of benzene rings is 2. The van der Waals surface area contributed by atoms with E-state index < -0.39 is 11.9 Å². The first-order valence-corrected chi connectivity index (χ1v) is 6.34.